The van der Waals surface area contributed by atoms with Crippen molar-refractivity contribution < 1.29 is 9.21 Å². The van der Waals surface area contributed by atoms with E-state index in [1.54, 1.807) is 6.07 Å². The first kappa shape index (κ1) is 15.1. The van der Waals surface area contributed by atoms with E-state index in [9.17, 15) is 4.79 Å². The number of aryl methyl sites for hydroxylation is 2. The highest BCUT2D eigenvalue weighted by Gasteiger charge is 2.15. The molecular formula is C17H13BrClNO2. The second kappa shape index (κ2) is 5.78. The fourth-order valence-corrected chi connectivity index (χ4v) is 3.12. The molecule has 0 atom stereocenters. The third-order valence-electron chi connectivity index (χ3n) is 3.37. The second-order valence-corrected chi connectivity index (χ2v) is 6.51. The summed E-state index contributed by atoms with van der Waals surface area (Å²) in [6.45, 7) is 3.87. The molecule has 3 aromatic rings. The Morgan fingerprint density at radius 1 is 1.18 bits per heavy atom. The lowest BCUT2D eigenvalue weighted by atomic mass is 10.1. The molecule has 1 heterocycles. The van der Waals surface area contributed by atoms with Gasteiger partial charge in [-0.15, -0.1) is 0 Å². The number of halogens is 2. The van der Waals surface area contributed by atoms with Crippen LogP contribution in [0.3, 0.4) is 0 Å². The van der Waals surface area contributed by atoms with Gasteiger partial charge in [-0.2, -0.15) is 0 Å². The zero-order valence-corrected chi connectivity index (χ0v) is 14.4. The molecule has 1 aromatic heterocycles. The number of fused-ring (bicyclic) bond motifs is 1. The molecule has 0 saturated carbocycles. The molecule has 0 spiro atoms. The number of rotatable bonds is 2. The first-order chi connectivity index (χ1) is 10.4. The van der Waals surface area contributed by atoms with Crippen molar-refractivity contribution >= 4 is 50.1 Å². The third-order valence-corrected chi connectivity index (χ3v) is 4.16. The Morgan fingerprint density at radius 2 is 1.95 bits per heavy atom. The maximum atomic E-state index is 12.4. The molecule has 3 nitrogen and oxygen atoms in total. The zero-order valence-electron chi connectivity index (χ0n) is 12.0. The molecule has 3 rings (SSSR count). The van der Waals surface area contributed by atoms with Gasteiger partial charge in [0.2, 0.25) is 0 Å². The molecule has 112 valence electrons. The molecule has 22 heavy (non-hydrogen) atoms. The van der Waals surface area contributed by atoms with Crippen LogP contribution in [0.2, 0.25) is 5.02 Å². The molecule has 0 fully saturated rings. The Kier molecular flexibility index (Phi) is 3.98. The van der Waals surface area contributed by atoms with Crippen molar-refractivity contribution in [2.45, 2.75) is 13.8 Å². The van der Waals surface area contributed by atoms with Crippen LogP contribution in [0, 0.1) is 13.8 Å². The van der Waals surface area contributed by atoms with Crippen LogP contribution in [0.25, 0.3) is 11.0 Å². The van der Waals surface area contributed by atoms with Crippen molar-refractivity contribution in [3.63, 3.8) is 0 Å². The van der Waals surface area contributed by atoms with Gasteiger partial charge in [-0.1, -0.05) is 33.6 Å². The largest absolute Gasteiger partial charge is 0.451 e. The maximum absolute atomic E-state index is 12.4. The van der Waals surface area contributed by atoms with E-state index in [1.807, 2.05) is 44.2 Å². The van der Waals surface area contributed by atoms with E-state index in [1.165, 1.54) is 0 Å². The normalized spacial score (nSPS) is 10.9. The summed E-state index contributed by atoms with van der Waals surface area (Å²) in [5.74, 6) is -0.0645. The Bertz CT molecular complexity index is 862. The highest BCUT2D eigenvalue weighted by Crippen LogP contribution is 2.29. The Morgan fingerprint density at radius 3 is 2.68 bits per heavy atom. The minimum atomic E-state index is -0.318. The molecule has 0 bridgehead atoms. The first-order valence-electron chi connectivity index (χ1n) is 6.71. The van der Waals surface area contributed by atoms with Crippen LogP contribution in [0.15, 0.2) is 45.3 Å². The lowest BCUT2D eigenvalue weighted by molar-refractivity contribution is 0.0998. The third kappa shape index (κ3) is 2.89. The van der Waals surface area contributed by atoms with Crippen molar-refractivity contribution in [2.24, 2.45) is 0 Å². The average molecular weight is 379 g/mol. The Labute approximate surface area is 141 Å². The number of hydrogen-bond acceptors (Lipinski definition) is 2. The van der Waals surface area contributed by atoms with E-state index in [0.29, 0.717) is 16.3 Å². The smallest absolute Gasteiger partial charge is 0.291 e. The van der Waals surface area contributed by atoms with Crippen LogP contribution in [0.5, 0.6) is 0 Å². The van der Waals surface area contributed by atoms with Crippen molar-refractivity contribution in [3.8, 4) is 0 Å². The quantitative estimate of drug-likeness (QED) is 0.620. The molecule has 0 aliphatic carbocycles. The molecule has 0 aliphatic rings. The zero-order chi connectivity index (χ0) is 15.9. The summed E-state index contributed by atoms with van der Waals surface area (Å²) < 4.78 is 6.52. The van der Waals surface area contributed by atoms with E-state index in [2.05, 4.69) is 21.2 Å². The highest BCUT2D eigenvalue weighted by molar-refractivity contribution is 9.10. The number of hydrogen-bond donors (Lipinski definition) is 1. The molecule has 1 N–H and O–H groups in total. The number of carbonyl (C=O) groups is 1. The Balaban J connectivity index is 1.93. The van der Waals surface area contributed by atoms with Crippen LogP contribution in [-0.2, 0) is 0 Å². The van der Waals surface area contributed by atoms with Crippen molar-refractivity contribution in [1.82, 2.24) is 0 Å². The maximum Gasteiger partial charge on any atom is 0.291 e. The minimum Gasteiger partial charge on any atom is -0.451 e. The van der Waals surface area contributed by atoms with Crippen LogP contribution in [0.1, 0.15) is 21.7 Å². The lowest BCUT2D eigenvalue weighted by Crippen LogP contribution is -2.12. The van der Waals surface area contributed by atoms with Gasteiger partial charge in [0.1, 0.15) is 5.58 Å². The van der Waals surface area contributed by atoms with Gasteiger partial charge in [0.05, 0.1) is 10.7 Å². The standard InChI is InChI=1S/C17H13BrClNO2/c1-9-5-10(2)16(13(19)6-9)20-17(21)15-8-11-7-12(18)3-4-14(11)22-15/h3-8H,1-2H3,(H,20,21). The predicted molar refractivity (Wildman–Crippen MR) is 92.8 cm³/mol. The van der Waals surface area contributed by atoms with E-state index < -0.39 is 0 Å². The van der Waals surface area contributed by atoms with E-state index in [-0.39, 0.29) is 11.7 Å². The highest BCUT2D eigenvalue weighted by atomic mass is 79.9. The summed E-state index contributed by atoms with van der Waals surface area (Å²) in [6, 6.07) is 11.1. The molecule has 1 amide bonds. The van der Waals surface area contributed by atoms with E-state index in [4.69, 9.17) is 16.0 Å². The van der Waals surface area contributed by atoms with Crippen molar-refractivity contribution in [1.29, 1.82) is 0 Å². The van der Waals surface area contributed by atoms with E-state index in [0.717, 1.165) is 21.0 Å². The summed E-state index contributed by atoms with van der Waals surface area (Å²) in [5, 5.41) is 4.21. The van der Waals surface area contributed by atoms with Gasteiger partial charge < -0.3 is 9.73 Å². The molecular weight excluding hydrogens is 366 g/mol. The number of amides is 1. The summed E-state index contributed by atoms with van der Waals surface area (Å²) in [4.78, 5) is 12.4. The molecule has 0 radical (unpaired) electrons. The van der Waals surface area contributed by atoms with Crippen molar-refractivity contribution in [3.05, 3.63) is 62.8 Å². The molecule has 5 heteroatoms. The van der Waals surface area contributed by atoms with Gasteiger partial charge in [-0.05, 0) is 55.3 Å². The molecule has 0 unspecified atom stereocenters. The van der Waals surface area contributed by atoms with Gasteiger partial charge in [0.15, 0.2) is 5.76 Å². The monoisotopic (exact) mass is 377 g/mol. The summed E-state index contributed by atoms with van der Waals surface area (Å²) in [6.07, 6.45) is 0. The summed E-state index contributed by atoms with van der Waals surface area (Å²) in [7, 11) is 0. The topological polar surface area (TPSA) is 42.2 Å². The summed E-state index contributed by atoms with van der Waals surface area (Å²) >= 11 is 9.61. The average Bonchev–Trinajstić information content (AvgIpc) is 2.85. The minimum absolute atomic E-state index is 0.254. The van der Waals surface area contributed by atoms with Crippen LogP contribution in [0.4, 0.5) is 5.69 Å². The number of benzene rings is 2. The molecule has 0 aliphatic heterocycles. The molecule has 0 saturated heterocycles. The summed E-state index contributed by atoms with van der Waals surface area (Å²) in [5.41, 5.74) is 3.24. The van der Waals surface area contributed by atoms with Crippen molar-refractivity contribution in [2.75, 3.05) is 5.32 Å². The lowest BCUT2D eigenvalue weighted by Gasteiger charge is -2.10. The number of carbonyl (C=O) groups excluding carboxylic acids is 1. The molecule has 2 aromatic carbocycles. The van der Waals surface area contributed by atoms with Gasteiger partial charge in [0.25, 0.3) is 5.91 Å². The fraction of sp³-hybridized carbons (Fsp3) is 0.118. The van der Waals surface area contributed by atoms with Gasteiger partial charge in [0, 0.05) is 9.86 Å². The SMILES string of the molecule is Cc1cc(C)c(NC(=O)c2cc3cc(Br)ccc3o2)c(Cl)c1. The number of anilines is 1. The second-order valence-electron chi connectivity index (χ2n) is 5.19. The van der Waals surface area contributed by atoms with Gasteiger partial charge in [-0.3, -0.25) is 4.79 Å². The van der Waals surface area contributed by atoms with Gasteiger partial charge >= 0.3 is 0 Å². The van der Waals surface area contributed by atoms with Crippen LogP contribution >= 0.6 is 27.5 Å². The Hall–Kier alpha value is -1.78. The van der Waals surface area contributed by atoms with Gasteiger partial charge in [-0.25, -0.2) is 0 Å². The first-order valence-corrected chi connectivity index (χ1v) is 7.88. The predicted octanol–water partition coefficient (Wildman–Crippen LogP) is 5.72. The number of nitrogens with one attached hydrogen (secondary N) is 1. The number of furan rings is 1. The fourth-order valence-electron chi connectivity index (χ4n) is 2.38. The van der Waals surface area contributed by atoms with Crippen LogP contribution < -0.4 is 5.32 Å². The van der Waals surface area contributed by atoms with E-state index >= 15 is 0 Å². The van der Waals surface area contributed by atoms with Crippen LogP contribution in [-0.4, -0.2) is 5.91 Å².